The number of aromatic nitrogens is 3. The standard InChI is InChI=1S/C33H23FN4O/c34-26-18-16-25(17-19-26)33(39)32-31(24-10-4-1-5-11-24)35-38(36-32)30-22-20-29(21-23-30)37(27-12-6-2-7-13-27)28-14-8-3-9-15-28/h1-23H. The molecular weight excluding hydrogens is 487 g/mol. The molecular formula is C33H23FN4O. The summed E-state index contributed by atoms with van der Waals surface area (Å²) in [4.78, 5) is 17.0. The van der Waals surface area contributed by atoms with Crippen LogP contribution in [0.2, 0.25) is 0 Å². The Kier molecular flexibility index (Phi) is 6.50. The van der Waals surface area contributed by atoms with E-state index < -0.39 is 5.82 Å². The number of benzene rings is 5. The Balaban J connectivity index is 1.40. The maximum Gasteiger partial charge on any atom is 0.215 e. The fourth-order valence-corrected chi connectivity index (χ4v) is 4.44. The van der Waals surface area contributed by atoms with Crippen LogP contribution in [-0.4, -0.2) is 20.8 Å². The third-order valence-electron chi connectivity index (χ3n) is 6.35. The Morgan fingerprint density at radius 2 is 1.10 bits per heavy atom. The number of para-hydroxylation sites is 2. The van der Waals surface area contributed by atoms with Crippen LogP contribution in [0.15, 0.2) is 140 Å². The minimum atomic E-state index is -0.404. The van der Waals surface area contributed by atoms with Crippen molar-refractivity contribution in [3.63, 3.8) is 0 Å². The molecule has 0 bridgehead atoms. The van der Waals surface area contributed by atoms with Crippen LogP contribution >= 0.6 is 0 Å². The van der Waals surface area contributed by atoms with Gasteiger partial charge in [0.15, 0.2) is 5.69 Å². The summed E-state index contributed by atoms with van der Waals surface area (Å²) in [5, 5.41) is 9.30. The van der Waals surface area contributed by atoms with Gasteiger partial charge in [-0.2, -0.15) is 4.80 Å². The fourth-order valence-electron chi connectivity index (χ4n) is 4.44. The highest BCUT2D eigenvalue weighted by molar-refractivity contribution is 6.10. The lowest BCUT2D eigenvalue weighted by Crippen LogP contribution is -2.10. The number of ketones is 1. The third-order valence-corrected chi connectivity index (χ3v) is 6.35. The third kappa shape index (κ3) is 4.95. The molecule has 5 nitrogen and oxygen atoms in total. The number of hydrogen-bond acceptors (Lipinski definition) is 4. The average molecular weight is 511 g/mol. The van der Waals surface area contributed by atoms with Crippen LogP contribution in [0, 0.1) is 5.82 Å². The minimum absolute atomic E-state index is 0.201. The van der Waals surface area contributed by atoms with Gasteiger partial charge in [-0.3, -0.25) is 4.79 Å². The van der Waals surface area contributed by atoms with Crippen LogP contribution in [0.25, 0.3) is 16.9 Å². The Bertz CT molecular complexity index is 1660. The number of anilines is 3. The summed E-state index contributed by atoms with van der Waals surface area (Å²) < 4.78 is 13.5. The van der Waals surface area contributed by atoms with E-state index in [9.17, 15) is 9.18 Å². The molecule has 1 heterocycles. The molecule has 0 atom stereocenters. The van der Waals surface area contributed by atoms with E-state index in [-0.39, 0.29) is 11.5 Å². The highest BCUT2D eigenvalue weighted by Crippen LogP contribution is 2.34. The number of hydrogen-bond donors (Lipinski definition) is 0. The largest absolute Gasteiger partial charge is 0.311 e. The van der Waals surface area contributed by atoms with E-state index in [1.54, 1.807) is 0 Å². The van der Waals surface area contributed by atoms with Gasteiger partial charge in [-0.1, -0.05) is 66.7 Å². The van der Waals surface area contributed by atoms with E-state index in [0.717, 1.165) is 22.6 Å². The maximum atomic E-state index is 13.5. The van der Waals surface area contributed by atoms with Gasteiger partial charge >= 0.3 is 0 Å². The summed E-state index contributed by atoms with van der Waals surface area (Å²) in [6.45, 7) is 0. The Morgan fingerprint density at radius 1 is 0.590 bits per heavy atom. The molecule has 6 rings (SSSR count). The second-order valence-electron chi connectivity index (χ2n) is 8.91. The van der Waals surface area contributed by atoms with Gasteiger partial charge in [0.1, 0.15) is 11.5 Å². The van der Waals surface area contributed by atoms with Gasteiger partial charge in [0.25, 0.3) is 0 Å². The average Bonchev–Trinajstić information content (AvgIpc) is 3.45. The predicted molar refractivity (Wildman–Crippen MR) is 151 cm³/mol. The first-order valence-corrected chi connectivity index (χ1v) is 12.5. The van der Waals surface area contributed by atoms with Crippen molar-refractivity contribution in [1.29, 1.82) is 0 Å². The second kappa shape index (κ2) is 10.6. The van der Waals surface area contributed by atoms with Crippen molar-refractivity contribution < 1.29 is 9.18 Å². The van der Waals surface area contributed by atoms with E-state index in [0.29, 0.717) is 16.9 Å². The van der Waals surface area contributed by atoms with Gasteiger partial charge in [-0.05, 0) is 72.8 Å². The molecule has 0 aliphatic heterocycles. The number of nitrogens with zero attached hydrogens (tertiary/aromatic N) is 4. The summed E-state index contributed by atoms with van der Waals surface area (Å²) >= 11 is 0. The SMILES string of the molecule is O=C(c1ccc(F)cc1)c1nn(-c2ccc(N(c3ccccc3)c3ccccc3)cc2)nc1-c1ccccc1. The van der Waals surface area contributed by atoms with Crippen LogP contribution in [0.1, 0.15) is 16.1 Å². The molecule has 0 saturated heterocycles. The van der Waals surface area contributed by atoms with Crippen molar-refractivity contribution in [3.05, 3.63) is 157 Å². The van der Waals surface area contributed by atoms with Gasteiger partial charge in [0, 0.05) is 28.2 Å². The molecule has 188 valence electrons. The monoisotopic (exact) mass is 510 g/mol. The van der Waals surface area contributed by atoms with Gasteiger partial charge in [0.05, 0.1) is 5.69 Å². The molecule has 0 aliphatic carbocycles. The minimum Gasteiger partial charge on any atom is -0.311 e. The van der Waals surface area contributed by atoms with E-state index >= 15 is 0 Å². The summed E-state index contributed by atoms with van der Waals surface area (Å²) in [6, 6.07) is 43.1. The van der Waals surface area contributed by atoms with Crippen molar-refractivity contribution in [2.75, 3.05) is 4.90 Å². The Labute approximate surface area is 225 Å². The maximum absolute atomic E-state index is 13.5. The van der Waals surface area contributed by atoms with Crippen molar-refractivity contribution >= 4 is 22.8 Å². The first kappa shape index (κ1) is 24.0. The van der Waals surface area contributed by atoms with Crippen LogP contribution in [0.5, 0.6) is 0 Å². The van der Waals surface area contributed by atoms with Crippen LogP contribution < -0.4 is 4.90 Å². The highest BCUT2D eigenvalue weighted by atomic mass is 19.1. The van der Waals surface area contributed by atoms with Gasteiger partial charge in [-0.15, -0.1) is 10.2 Å². The molecule has 0 amide bonds. The summed E-state index contributed by atoms with van der Waals surface area (Å²) in [5.74, 6) is -0.727. The molecule has 0 radical (unpaired) electrons. The molecule has 0 unspecified atom stereocenters. The normalized spacial score (nSPS) is 10.8. The van der Waals surface area contributed by atoms with E-state index in [2.05, 4.69) is 34.3 Å². The molecule has 6 aromatic rings. The molecule has 0 saturated carbocycles. The number of halogens is 1. The molecule has 39 heavy (non-hydrogen) atoms. The molecule has 0 spiro atoms. The molecule has 1 aromatic heterocycles. The van der Waals surface area contributed by atoms with E-state index in [4.69, 9.17) is 5.10 Å². The summed E-state index contributed by atoms with van der Waals surface area (Å²) in [7, 11) is 0. The zero-order chi connectivity index (χ0) is 26.6. The molecule has 6 heteroatoms. The first-order chi connectivity index (χ1) is 19.2. The highest BCUT2D eigenvalue weighted by Gasteiger charge is 2.22. The fraction of sp³-hybridized carbons (Fsp3) is 0. The summed E-state index contributed by atoms with van der Waals surface area (Å²) in [5.41, 5.74) is 5.52. The van der Waals surface area contributed by atoms with Crippen molar-refractivity contribution in [1.82, 2.24) is 15.0 Å². The molecule has 0 N–H and O–H groups in total. The lowest BCUT2D eigenvalue weighted by Gasteiger charge is -2.25. The number of carbonyl (C=O) groups is 1. The summed E-state index contributed by atoms with van der Waals surface area (Å²) in [6.07, 6.45) is 0. The van der Waals surface area contributed by atoms with Crippen LogP contribution in [0.4, 0.5) is 21.5 Å². The van der Waals surface area contributed by atoms with E-state index in [1.807, 2.05) is 91.0 Å². The zero-order valence-electron chi connectivity index (χ0n) is 20.9. The lowest BCUT2D eigenvalue weighted by molar-refractivity contribution is 0.103. The zero-order valence-corrected chi connectivity index (χ0v) is 20.9. The number of carbonyl (C=O) groups excluding carboxylic acids is 1. The second-order valence-corrected chi connectivity index (χ2v) is 8.91. The van der Waals surface area contributed by atoms with E-state index in [1.165, 1.54) is 29.1 Å². The molecule has 5 aromatic carbocycles. The molecule has 0 aliphatic rings. The lowest BCUT2D eigenvalue weighted by atomic mass is 10.0. The topological polar surface area (TPSA) is 51.0 Å². The smallest absolute Gasteiger partial charge is 0.215 e. The first-order valence-electron chi connectivity index (χ1n) is 12.5. The van der Waals surface area contributed by atoms with Crippen molar-refractivity contribution in [2.24, 2.45) is 0 Å². The van der Waals surface area contributed by atoms with Gasteiger partial charge in [0.2, 0.25) is 5.78 Å². The Hall–Kier alpha value is -5.36. The van der Waals surface area contributed by atoms with Crippen molar-refractivity contribution in [3.8, 4) is 16.9 Å². The van der Waals surface area contributed by atoms with Crippen molar-refractivity contribution in [2.45, 2.75) is 0 Å². The van der Waals surface area contributed by atoms with Crippen LogP contribution in [0.3, 0.4) is 0 Å². The van der Waals surface area contributed by atoms with Gasteiger partial charge < -0.3 is 4.90 Å². The van der Waals surface area contributed by atoms with Crippen LogP contribution in [-0.2, 0) is 0 Å². The Morgan fingerprint density at radius 3 is 1.67 bits per heavy atom. The molecule has 0 fully saturated rings. The number of rotatable bonds is 7. The van der Waals surface area contributed by atoms with Gasteiger partial charge in [-0.25, -0.2) is 4.39 Å². The predicted octanol–water partition coefficient (Wildman–Crippen LogP) is 7.77. The quantitative estimate of drug-likeness (QED) is 0.206.